The summed E-state index contributed by atoms with van der Waals surface area (Å²) in [6, 6.07) is 18.0. The van der Waals surface area contributed by atoms with Crippen molar-refractivity contribution in [2.24, 2.45) is 0 Å². The summed E-state index contributed by atoms with van der Waals surface area (Å²) < 4.78 is 0. The van der Waals surface area contributed by atoms with E-state index < -0.39 is 5.60 Å². The Hall–Kier alpha value is -2.43. The summed E-state index contributed by atoms with van der Waals surface area (Å²) in [4.78, 5) is 0. The van der Waals surface area contributed by atoms with Gasteiger partial charge in [0.1, 0.15) is 0 Å². The fourth-order valence-corrected chi connectivity index (χ4v) is 2.84. The largest absolute Gasteiger partial charge is 0.384 e. The molecule has 3 N–H and O–H groups in total. The van der Waals surface area contributed by atoms with Gasteiger partial charge < -0.3 is 10.4 Å². The molecule has 0 fully saturated rings. The molecule has 3 rings (SSSR count). The van der Waals surface area contributed by atoms with Crippen molar-refractivity contribution in [2.75, 3.05) is 6.54 Å². The average Bonchev–Trinajstić information content (AvgIpc) is 3.04. The van der Waals surface area contributed by atoms with Crippen molar-refractivity contribution in [1.82, 2.24) is 15.5 Å². The molecule has 1 aromatic heterocycles. The summed E-state index contributed by atoms with van der Waals surface area (Å²) in [5, 5.41) is 21.2. The van der Waals surface area contributed by atoms with Crippen LogP contribution in [0.25, 0.3) is 11.3 Å². The number of hydrogen-bond donors (Lipinski definition) is 3. The highest BCUT2D eigenvalue weighted by Crippen LogP contribution is 2.23. The molecule has 1 unspecified atom stereocenters. The van der Waals surface area contributed by atoms with Crippen LogP contribution in [-0.4, -0.2) is 21.8 Å². The van der Waals surface area contributed by atoms with E-state index in [1.54, 1.807) is 0 Å². The first-order valence-corrected chi connectivity index (χ1v) is 8.14. The van der Waals surface area contributed by atoms with E-state index in [0.717, 1.165) is 22.4 Å². The van der Waals surface area contributed by atoms with Gasteiger partial charge in [-0.15, -0.1) is 0 Å². The van der Waals surface area contributed by atoms with Crippen LogP contribution in [0.4, 0.5) is 0 Å². The van der Waals surface area contributed by atoms with Gasteiger partial charge in [0.25, 0.3) is 0 Å². The van der Waals surface area contributed by atoms with Crippen molar-refractivity contribution in [1.29, 1.82) is 0 Å². The van der Waals surface area contributed by atoms with Crippen LogP contribution in [0.5, 0.6) is 0 Å². The molecule has 24 heavy (non-hydrogen) atoms. The van der Waals surface area contributed by atoms with Crippen LogP contribution in [0.1, 0.15) is 23.6 Å². The standard InChI is InChI=1S/C20H23N3O/c1-15-7-6-8-16(11-15)19-17(13-22-23-19)12-21-14-20(2,24)18-9-4-3-5-10-18/h3-11,13,21,24H,12,14H2,1-2H3,(H,22,23). The van der Waals surface area contributed by atoms with E-state index in [4.69, 9.17) is 0 Å². The molecule has 3 aromatic rings. The Balaban J connectivity index is 1.67. The van der Waals surface area contributed by atoms with E-state index in [-0.39, 0.29) is 0 Å². The zero-order chi connectivity index (χ0) is 17.0. The van der Waals surface area contributed by atoms with Crippen LogP contribution in [0.15, 0.2) is 60.8 Å². The zero-order valence-corrected chi connectivity index (χ0v) is 14.1. The van der Waals surface area contributed by atoms with Crippen LogP contribution in [0.2, 0.25) is 0 Å². The third kappa shape index (κ3) is 3.72. The number of aryl methyl sites for hydroxylation is 1. The van der Waals surface area contributed by atoms with E-state index in [0.29, 0.717) is 13.1 Å². The number of nitrogens with one attached hydrogen (secondary N) is 2. The molecule has 2 aromatic carbocycles. The molecule has 124 valence electrons. The minimum absolute atomic E-state index is 0.468. The minimum atomic E-state index is -0.908. The first kappa shape index (κ1) is 16.4. The molecule has 0 aliphatic rings. The summed E-state index contributed by atoms with van der Waals surface area (Å²) >= 11 is 0. The second-order valence-corrected chi connectivity index (χ2v) is 6.38. The third-order valence-electron chi connectivity index (χ3n) is 4.20. The van der Waals surface area contributed by atoms with Crippen LogP contribution < -0.4 is 5.32 Å². The van der Waals surface area contributed by atoms with E-state index in [1.165, 1.54) is 5.56 Å². The zero-order valence-electron chi connectivity index (χ0n) is 14.1. The molecule has 0 bridgehead atoms. The first-order valence-electron chi connectivity index (χ1n) is 8.14. The van der Waals surface area contributed by atoms with Gasteiger partial charge in [0, 0.05) is 24.2 Å². The molecule has 0 aliphatic carbocycles. The normalized spacial score (nSPS) is 13.6. The molecule has 0 spiro atoms. The highest BCUT2D eigenvalue weighted by molar-refractivity contribution is 5.63. The van der Waals surface area contributed by atoms with Crippen molar-refractivity contribution in [3.8, 4) is 11.3 Å². The van der Waals surface area contributed by atoms with E-state index >= 15 is 0 Å². The predicted molar refractivity (Wildman–Crippen MR) is 96.5 cm³/mol. The molecule has 0 saturated carbocycles. The molecule has 4 heteroatoms. The number of benzene rings is 2. The van der Waals surface area contributed by atoms with Gasteiger partial charge in [-0.05, 0) is 25.5 Å². The molecule has 1 heterocycles. The maximum absolute atomic E-state index is 10.7. The second kappa shape index (κ2) is 6.99. The SMILES string of the molecule is Cc1cccc(-c2[nH]ncc2CNCC(C)(O)c2ccccc2)c1. The Bertz CT molecular complexity index is 793. The molecule has 0 amide bonds. The lowest BCUT2D eigenvalue weighted by Gasteiger charge is -2.24. The van der Waals surface area contributed by atoms with Gasteiger partial charge in [-0.25, -0.2) is 0 Å². The summed E-state index contributed by atoms with van der Waals surface area (Å²) in [6.07, 6.45) is 1.84. The lowest BCUT2D eigenvalue weighted by Crippen LogP contribution is -2.35. The Morgan fingerprint density at radius 2 is 1.92 bits per heavy atom. The lowest BCUT2D eigenvalue weighted by molar-refractivity contribution is 0.0567. The first-order chi connectivity index (χ1) is 11.6. The number of rotatable bonds is 6. The highest BCUT2D eigenvalue weighted by atomic mass is 16.3. The van der Waals surface area contributed by atoms with Gasteiger partial charge in [0.05, 0.1) is 17.5 Å². The molecule has 4 nitrogen and oxygen atoms in total. The molecular formula is C20H23N3O. The van der Waals surface area contributed by atoms with Crippen molar-refractivity contribution >= 4 is 0 Å². The fourth-order valence-electron chi connectivity index (χ4n) is 2.84. The van der Waals surface area contributed by atoms with Gasteiger partial charge in [-0.3, -0.25) is 5.10 Å². The second-order valence-electron chi connectivity index (χ2n) is 6.38. The molecular weight excluding hydrogens is 298 g/mol. The molecule has 0 saturated heterocycles. The lowest BCUT2D eigenvalue weighted by atomic mass is 9.96. The number of hydrogen-bond acceptors (Lipinski definition) is 3. The van der Waals surface area contributed by atoms with Gasteiger partial charge in [-0.1, -0.05) is 54.1 Å². The fraction of sp³-hybridized carbons (Fsp3) is 0.250. The van der Waals surface area contributed by atoms with E-state index in [1.807, 2.05) is 49.5 Å². The minimum Gasteiger partial charge on any atom is -0.384 e. The average molecular weight is 321 g/mol. The monoisotopic (exact) mass is 321 g/mol. The summed E-state index contributed by atoms with van der Waals surface area (Å²) in [5.41, 5.74) is 4.44. The van der Waals surface area contributed by atoms with Crippen molar-refractivity contribution in [2.45, 2.75) is 26.0 Å². The topological polar surface area (TPSA) is 60.9 Å². The Morgan fingerprint density at radius 1 is 1.12 bits per heavy atom. The number of H-pyrrole nitrogens is 1. The van der Waals surface area contributed by atoms with Gasteiger partial charge in [0.15, 0.2) is 0 Å². The number of aromatic amines is 1. The highest BCUT2D eigenvalue weighted by Gasteiger charge is 2.22. The van der Waals surface area contributed by atoms with Gasteiger partial charge in [0.2, 0.25) is 0 Å². The van der Waals surface area contributed by atoms with Gasteiger partial charge >= 0.3 is 0 Å². The smallest absolute Gasteiger partial charge is 0.0992 e. The van der Waals surface area contributed by atoms with Crippen molar-refractivity contribution in [3.63, 3.8) is 0 Å². The Kier molecular flexibility index (Phi) is 4.79. The van der Waals surface area contributed by atoms with E-state index in [2.05, 4.69) is 40.6 Å². The summed E-state index contributed by atoms with van der Waals surface area (Å²) in [6.45, 7) is 5.01. The van der Waals surface area contributed by atoms with Crippen LogP contribution in [-0.2, 0) is 12.1 Å². The Morgan fingerprint density at radius 3 is 2.67 bits per heavy atom. The molecule has 0 radical (unpaired) electrons. The summed E-state index contributed by atoms with van der Waals surface area (Å²) in [5.74, 6) is 0. The van der Waals surface area contributed by atoms with E-state index in [9.17, 15) is 5.11 Å². The molecule has 1 atom stereocenters. The quantitative estimate of drug-likeness (QED) is 0.652. The predicted octanol–water partition coefficient (Wildman–Crippen LogP) is 3.38. The van der Waals surface area contributed by atoms with Crippen molar-refractivity contribution in [3.05, 3.63) is 77.5 Å². The van der Waals surface area contributed by atoms with Gasteiger partial charge in [-0.2, -0.15) is 5.10 Å². The van der Waals surface area contributed by atoms with Crippen LogP contribution in [0, 0.1) is 6.92 Å². The van der Waals surface area contributed by atoms with Crippen LogP contribution >= 0.6 is 0 Å². The van der Waals surface area contributed by atoms with Crippen molar-refractivity contribution < 1.29 is 5.11 Å². The third-order valence-corrected chi connectivity index (χ3v) is 4.20. The number of aromatic nitrogens is 2. The summed E-state index contributed by atoms with van der Waals surface area (Å²) in [7, 11) is 0. The molecule has 0 aliphatic heterocycles. The Labute approximate surface area is 142 Å². The number of aliphatic hydroxyl groups is 1. The number of nitrogens with zero attached hydrogens (tertiary/aromatic N) is 1. The maximum atomic E-state index is 10.7. The maximum Gasteiger partial charge on any atom is 0.0992 e. The van der Waals surface area contributed by atoms with Crippen LogP contribution in [0.3, 0.4) is 0 Å².